The average molecular weight is 466 g/mol. The minimum absolute atomic E-state index is 0. The van der Waals surface area contributed by atoms with Crippen molar-refractivity contribution in [2.45, 2.75) is 19.9 Å². The van der Waals surface area contributed by atoms with E-state index >= 15 is 0 Å². The Labute approximate surface area is 173 Å². The van der Waals surface area contributed by atoms with Gasteiger partial charge in [0.1, 0.15) is 12.4 Å². The van der Waals surface area contributed by atoms with Crippen LogP contribution in [0.5, 0.6) is 5.75 Å². The molecule has 0 spiro atoms. The molecule has 0 fully saturated rings. The van der Waals surface area contributed by atoms with Crippen LogP contribution in [0.3, 0.4) is 0 Å². The number of hydrogen-bond donors (Lipinski definition) is 2. The summed E-state index contributed by atoms with van der Waals surface area (Å²) in [5, 5.41) is 6.61. The fraction of sp³-hybridized carbons (Fsp3) is 0.300. The Morgan fingerprint density at radius 2 is 2.00 bits per heavy atom. The van der Waals surface area contributed by atoms with Crippen molar-refractivity contribution in [3.63, 3.8) is 0 Å². The summed E-state index contributed by atoms with van der Waals surface area (Å²) in [5.41, 5.74) is 2.11. The van der Waals surface area contributed by atoms with Gasteiger partial charge in [0.05, 0.1) is 6.54 Å². The maximum Gasteiger partial charge on any atom is 0.191 e. The second kappa shape index (κ2) is 13.2. The standard InChI is InChI=1S/C20H26N4O.HI/c1-3-15-25-19-11-6-5-9-17(19)16-24-20(21-4-2)23-14-12-18-10-7-8-13-22-18;/h3,5-11,13H,1,4,12,14-16H2,2H3,(H2,21,23,24);1H. The first-order valence-corrected chi connectivity index (χ1v) is 8.57. The Morgan fingerprint density at radius 1 is 1.19 bits per heavy atom. The fourth-order valence-electron chi connectivity index (χ4n) is 2.28. The van der Waals surface area contributed by atoms with Gasteiger partial charge in [0.25, 0.3) is 0 Å². The molecule has 5 nitrogen and oxygen atoms in total. The van der Waals surface area contributed by atoms with Gasteiger partial charge in [0, 0.05) is 37.0 Å². The van der Waals surface area contributed by atoms with E-state index in [1.165, 1.54) is 0 Å². The Hall–Kier alpha value is -2.09. The molecule has 0 aliphatic heterocycles. The lowest BCUT2D eigenvalue weighted by atomic mass is 10.2. The highest BCUT2D eigenvalue weighted by molar-refractivity contribution is 14.0. The number of halogens is 1. The number of para-hydroxylation sites is 1. The van der Waals surface area contributed by atoms with E-state index in [2.05, 4.69) is 34.1 Å². The number of guanidine groups is 1. The van der Waals surface area contributed by atoms with Crippen molar-refractivity contribution in [1.82, 2.24) is 15.6 Å². The predicted octanol–water partition coefficient (Wildman–Crippen LogP) is 3.56. The first-order valence-electron chi connectivity index (χ1n) is 8.57. The van der Waals surface area contributed by atoms with Crippen molar-refractivity contribution >= 4 is 29.9 Å². The van der Waals surface area contributed by atoms with Crippen LogP contribution in [0.1, 0.15) is 18.2 Å². The number of nitrogens with one attached hydrogen (secondary N) is 2. The first-order chi connectivity index (χ1) is 12.3. The van der Waals surface area contributed by atoms with Crippen LogP contribution in [0.4, 0.5) is 0 Å². The molecular weight excluding hydrogens is 439 g/mol. The van der Waals surface area contributed by atoms with E-state index in [-0.39, 0.29) is 24.0 Å². The number of aromatic nitrogens is 1. The molecule has 1 heterocycles. The molecule has 0 saturated heterocycles. The molecule has 0 aliphatic carbocycles. The summed E-state index contributed by atoms with van der Waals surface area (Å²) in [6.45, 7) is 8.36. The lowest BCUT2D eigenvalue weighted by Gasteiger charge is -2.12. The Balaban J connectivity index is 0.00000338. The molecule has 2 aromatic rings. The lowest BCUT2D eigenvalue weighted by molar-refractivity contribution is 0.359. The molecule has 0 unspecified atom stereocenters. The van der Waals surface area contributed by atoms with Crippen LogP contribution in [-0.4, -0.2) is 30.6 Å². The third-order valence-corrected chi connectivity index (χ3v) is 3.48. The number of aliphatic imine (C=N–C) groups is 1. The molecule has 0 atom stereocenters. The second-order valence-electron chi connectivity index (χ2n) is 5.40. The molecule has 0 bridgehead atoms. The molecule has 0 saturated carbocycles. The number of pyridine rings is 1. The third kappa shape index (κ3) is 7.86. The number of rotatable bonds is 9. The quantitative estimate of drug-likeness (QED) is 0.257. The van der Waals surface area contributed by atoms with Crippen molar-refractivity contribution in [3.8, 4) is 5.75 Å². The van der Waals surface area contributed by atoms with Gasteiger partial charge in [0.2, 0.25) is 0 Å². The molecule has 140 valence electrons. The van der Waals surface area contributed by atoms with Crippen LogP contribution in [0.15, 0.2) is 66.3 Å². The van der Waals surface area contributed by atoms with E-state index in [0.717, 1.165) is 42.5 Å². The molecule has 1 aromatic heterocycles. The zero-order chi connectivity index (χ0) is 17.7. The molecule has 0 amide bonds. The summed E-state index contributed by atoms with van der Waals surface area (Å²) >= 11 is 0. The number of benzene rings is 1. The number of ether oxygens (including phenoxy) is 1. The molecular formula is C20H27IN4O. The maximum absolute atomic E-state index is 5.68. The largest absolute Gasteiger partial charge is 0.489 e. The minimum atomic E-state index is 0. The summed E-state index contributed by atoms with van der Waals surface area (Å²) in [7, 11) is 0. The van der Waals surface area contributed by atoms with Crippen LogP contribution in [0, 0.1) is 0 Å². The van der Waals surface area contributed by atoms with Crippen LogP contribution < -0.4 is 15.4 Å². The van der Waals surface area contributed by atoms with E-state index in [1.54, 1.807) is 6.08 Å². The summed E-state index contributed by atoms with van der Waals surface area (Å²) in [5.74, 6) is 1.63. The molecule has 1 aromatic carbocycles. The zero-order valence-electron chi connectivity index (χ0n) is 15.1. The van der Waals surface area contributed by atoms with Crippen LogP contribution in [0.25, 0.3) is 0 Å². The predicted molar refractivity (Wildman–Crippen MR) is 118 cm³/mol. The molecule has 2 rings (SSSR count). The summed E-state index contributed by atoms with van der Waals surface area (Å²) < 4.78 is 5.68. The molecule has 6 heteroatoms. The van der Waals surface area contributed by atoms with Gasteiger partial charge in [-0.05, 0) is 25.1 Å². The maximum atomic E-state index is 5.68. The highest BCUT2D eigenvalue weighted by Crippen LogP contribution is 2.18. The van der Waals surface area contributed by atoms with Gasteiger partial charge in [-0.25, -0.2) is 4.99 Å². The highest BCUT2D eigenvalue weighted by atomic mass is 127. The highest BCUT2D eigenvalue weighted by Gasteiger charge is 2.03. The van der Waals surface area contributed by atoms with E-state index in [1.807, 2.05) is 48.7 Å². The van der Waals surface area contributed by atoms with E-state index in [4.69, 9.17) is 4.74 Å². The summed E-state index contributed by atoms with van der Waals surface area (Å²) in [6, 6.07) is 13.9. The van der Waals surface area contributed by atoms with Crippen molar-refractivity contribution < 1.29 is 4.74 Å². The summed E-state index contributed by atoms with van der Waals surface area (Å²) in [6.07, 6.45) is 4.41. The van der Waals surface area contributed by atoms with Gasteiger partial charge in [-0.1, -0.05) is 36.9 Å². The minimum Gasteiger partial charge on any atom is -0.489 e. The van der Waals surface area contributed by atoms with E-state index in [9.17, 15) is 0 Å². The van der Waals surface area contributed by atoms with Crippen LogP contribution in [-0.2, 0) is 13.0 Å². The van der Waals surface area contributed by atoms with Crippen molar-refractivity contribution in [3.05, 3.63) is 72.6 Å². The zero-order valence-corrected chi connectivity index (χ0v) is 17.5. The molecule has 26 heavy (non-hydrogen) atoms. The van der Waals surface area contributed by atoms with Crippen molar-refractivity contribution in [2.24, 2.45) is 4.99 Å². The Morgan fingerprint density at radius 3 is 2.73 bits per heavy atom. The smallest absolute Gasteiger partial charge is 0.191 e. The molecule has 0 aliphatic rings. The Bertz CT molecular complexity index is 677. The monoisotopic (exact) mass is 466 g/mol. The van der Waals surface area contributed by atoms with E-state index < -0.39 is 0 Å². The second-order valence-corrected chi connectivity index (χ2v) is 5.40. The third-order valence-electron chi connectivity index (χ3n) is 3.48. The topological polar surface area (TPSA) is 58.5 Å². The molecule has 0 radical (unpaired) electrons. The van der Waals surface area contributed by atoms with Gasteiger partial charge in [0.15, 0.2) is 5.96 Å². The van der Waals surface area contributed by atoms with Gasteiger partial charge in [-0.3, -0.25) is 4.98 Å². The first kappa shape index (κ1) is 22.0. The van der Waals surface area contributed by atoms with Gasteiger partial charge in [-0.15, -0.1) is 24.0 Å². The van der Waals surface area contributed by atoms with E-state index in [0.29, 0.717) is 13.2 Å². The SMILES string of the molecule is C=CCOc1ccccc1CN=C(NCC)NCCc1ccccn1.I. The summed E-state index contributed by atoms with van der Waals surface area (Å²) in [4.78, 5) is 8.98. The number of hydrogen-bond acceptors (Lipinski definition) is 3. The number of nitrogens with zero attached hydrogens (tertiary/aromatic N) is 2. The molecule has 2 N–H and O–H groups in total. The van der Waals surface area contributed by atoms with Crippen molar-refractivity contribution in [2.75, 3.05) is 19.7 Å². The van der Waals surface area contributed by atoms with Gasteiger partial charge >= 0.3 is 0 Å². The van der Waals surface area contributed by atoms with Crippen molar-refractivity contribution in [1.29, 1.82) is 0 Å². The van der Waals surface area contributed by atoms with Gasteiger partial charge < -0.3 is 15.4 Å². The fourth-order valence-corrected chi connectivity index (χ4v) is 2.28. The normalized spacial score (nSPS) is 10.6. The average Bonchev–Trinajstić information content (AvgIpc) is 2.66. The van der Waals surface area contributed by atoms with Crippen LogP contribution >= 0.6 is 24.0 Å². The Kier molecular flexibility index (Phi) is 11.1. The van der Waals surface area contributed by atoms with Crippen LogP contribution in [0.2, 0.25) is 0 Å². The van der Waals surface area contributed by atoms with Gasteiger partial charge in [-0.2, -0.15) is 0 Å². The lowest BCUT2D eigenvalue weighted by Crippen LogP contribution is -2.38.